The maximum absolute atomic E-state index is 6.07. The van der Waals surface area contributed by atoms with Crippen LogP contribution in [-0.2, 0) is 13.2 Å². The van der Waals surface area contributed by atoms with Gasteiger partial charge in [0.05, 0.1) is 17.2 Å². The van der Waals surface area contributed by atoms with Crippen LogP contribution in [0, 0.1) is 0 Å². The summed E-state index contributed by atoms with van der Waals surface area (Å²) in [6.45, 7) is 6.83. The summed E-state index contributed by atoms with van der Waals surface area (Å²) in [7, 11) is 1.66. The molecule has 0 amide bonds. The summed E-state index contributed by atoms with van der Waals surface area (Å²) < 4.78 is 11.4. The summed E-state index contributed by atoms with van der Waals surface area (Å²) in [5, 5.41) is 4.65. The normalized spacial score (nSPS) is 15.9. The zero-order valence-electron chi connectivity index (χ0n) is 17.3. The second-order valence-electron chi connectivity index (χ2n) is 7.08. The summed E-state index contributed by atoms with van der Waals surface area (Å²) in [5.41, 5.74) is 2.14. The van der Waals surface area contributed by atoms with Gasteiger partial charge in [-0.25, -0.2) is 0 Å². The number of methoxy groups -OCH3 is 1. The standard InChI is InChI=1S/C22H28Cl2N2O2.2ClH/c1-3-26-10-4-5-18(26)14-25-13-16-7-9-21(22(12-16)27-2)28-15-17-6-8-19(23)20(24)11-17;;/h6-9,11-12,18,25H,3-5,10,13-15H2,1-2H3;2*1H. The number of rotatable bonds is 9. The molecule has 0 bridgehead atoms. The molecular formula is C22H30Cl4N2O2. The van der Waals surface area contributed by atoms with Gasteiger partial charge in [0.15, 0.2) is 11.5 Å². The lowest BCUT2D eigenvalue weighted by atomic mass is 10.1. The van der Waals surface area contributed by atoms with E-state index in [9.17, 15) is 0 Å². The Bertz CT molecular complexity index is 792. The molecule has 30 heavy (non-hydrogen) atoms. The van der Waals surface area contributed by atoms with Gasteiger partial charge in [-0.05, 0) is 61.3 Å². The van der Waals surface area contributed by atoms with E-state index in [4.69, 9.17) is 32.7 Å². The third-order valence-electron chi connectivity index (χ3n) is 5.22. The number of nitrogens with zero attached hydrogens (tertiary/aromatic N) is 1. The molecule has 1 aliphatic rings. The SMILES string of the molecule is CCN1CCCC1CNCc1ccc(OCc2ccc(Cl)c(Cl)c2)c(OC)c1.Cl.Cl. The monoisotopic (exact) mass is 494 g/mol. The highest BCUT2D eigenvalue weighted by atomic mass is 35.5. The summed E-state index contributed by atoms with van der Waals surface area (Å²) in [6.07, 6.45) is 2.59. The van der Waals surface area contributed by atoms with Gasteiger partial charge in [0.2, 0.25) is 0 Å². The number of hydrogen-bond acceptors (Lipinski definition) is 4. The molecule has 0 radical (unpaired) electrons. The van der Waals surface area contributed by atoms with Crippen molar-refractivity contribution in [1.29, 1.82) is 0 Å². The van der Waals surface area contributed by atoms with E-state index in [1.807, 2.05) is 24.3 Å². The summed E-state index contributed by atoms with van der Waals surface area (Å²) in [5.74, 6) is 1.45. The number of ether oxygens (including phenoxy) is 2. The van der Waals surface area contributed by atoms with Gasteiger partial charge in [-0.3, -0.25) is 4.90 Å². The van der Waals surface area contributed by atoms with E-state index in [1.54, 1.807) is 13.2 Å². The van der Waals surface area contributed by atoms with Crippen LogP contribution in [0.3, 0.4) is 0 Å². The molecule has 1 fully saturated rings. The van der Waals surface area contributed by atoms with Crippen molar-refractivity contribution in [3.63, 3.8) is 0 Å². The average molecular weight is 496 g/mol. The van der Waals surface area contributed by atoms with Crippen LogP contribution in [0.4, 0.5) is 0 Å². The third-order valence-corrected chi connectivity index (χ3v) is 5.96. The zero-order chi connectivity index (χ0) is 19.9. The van der Waals surface area contributed by atoms with Crippen LogP contribution < -0.4 is 14.8 Å². The minimum Gasteiger partial charge on any atom is -0.493 e. The second kappa shape index (κ2) is 13.5. The van der Waals surface area contributed by atoms with E-state index < -0.39 is 0 Å². The van der Waals surface area contributed by atoms with Gasteiger partial charge in [0.1, 0.15) is 6.61 Å². The van der Waals surface area contributed by atoms with E-state index in [1.165, 1.54) is 24.9 Å². The van der Waals surface area contributed by atoms with E-state index in [0.717, 1.165) is 30.9 Å². The highest BCUT2D eigenvalue weighted by molar-refractivity contribution is 6.42. The molecule has 1 unspecified atom stereocenters. The van der Waals surface area contributed by atoms with Crippen molar-refractivity contribution in [3.05, 3.63) is 57.6 Å². The fraction of sp³-hybridized carbons (Fsp3) is 0.455. The van der Waals surface area contributed by atoms with E-state index in [2.05, 4.69) is 23.2 Å². The molecule has 0 aliphatic carbocycles. The van der Waals surface area contributed by atoms with Crippen molar-refractivity contribution < 1.29 is 9.47 Å². The van der Waals surface area contributed by atoms with E-state index in [0.29, 0.717) is 28.4 Å². The molecule has 2 aromatic rings. The Morgan fingerprint density at radius 2 is 1.80 bits per heavy atom. The Balaban J connectivity index is 0.00000225. The molecule has 1 N–H and O–H groups in total. The number of nitrogens with one attached hydrogen (secondary N) is 1. The topological polar surface area (TPSA) is 33.7 Å². The molecule has 0 spiro atoms. The van der Waals surface area contributed by atoms with Crippen molar-refractivity contribution in [2.75, 3.05) is 26.7 Å². The van der Waals surface area contributed by atoms with Crippen LogP contribution in [0.25, 0.3) is 0 Å². The molecular weight excluding hydrogens is 466 g/mol. The van der Waals surface area contributed by atoms with Crippen LogP contribution in [0.1, 0.15) is 30.9 Å². The lowest BCUT2D eigenvalue weighted by Crippen LogP contribution is -2.37. The second-order valence-corrected chi connectivity index (χ2v) is 7.89. The van der Waals surface area contributed by atoms with Gasteiger partial charge in [-0.1, -0.05) is 42.3 Å². The molecule has 168 valence electrons. The first kappa shape index (κ1) is 27.2. The maximum Gasteiger partial charge on any atom is 0.161 e. The summed E-state index contributed by atoms with van der Waals surface area (Å²) in [6, 6.07) is 12.2. The van der Waals surface area contributed by atoms with Crippen LogP contribution in [0.15, 0.2) is 36.4 Å². The Morgan fingerprint density at radius 1 is 1.03 bits per heavy atom. The van der Waals surface area contributed by atoms with Gasteiger partial charge in [-0.2, -0.15) is 0 Å². The van der Waals surface area contributed by atoms with Crippen LogP contribution in [-0.4, -0.2) is 37.7 Å². The fourth-order valence-corrected chi connectivity index (χ4v) is 3.98. The van der Waals surface area contributed by atoms with Crippen molar-refractivity contribution in [2.45, 2.75) is 39.0 Å². The minimum atomic E-state index is 0. The van der Waals surface area contributed by atoms with Gasteiger partial charge in [0, 0.05) is 19.1 Å². The van der Waals surface area contributed by atoms with Crippen molar-refractivity contribution in [1.82, 2.24) is 10.2 Å². The quantitative estimate of drug-likeness (QED) is 0.462. The van der Waals surface area contributed by atoms with Gasteiger partial charge < -0.3 is 14.8 Å². The largest absolute Gasteiger partial charge is 0.493 e. The number of likely N-dealkylation sites (N-methyl/N-ethyl adjacent to an activating group) is 1. The fourth-order valence-electron chi connectivity index (χ4n) is 3.66. The Hall–Kier alpha value is -0.880. The third kappa shape index (κ3) is 7.37. The maximum atomic E-state index is 6.07. The molecule has 1 saturated heterocycles. The first-order valence-corrected chi connectivity index (χ1v) is 10.5. The number of halogens is 4. The smallest absolute Gasteiger partial charge is 0.161 e. The predicted octanol–water partition coefficient (Wildman–Crippen LogP) is 6.00. The summed E-state index contributed by atoms with van der Waals surface area (Å²) >= 11 is 12.0. The van der Waals surface area contributed by atoms with Gasteiger partial charge >= 0.3 is 0 Å². The van der Waals surface area contributed by atoms with E-state index in [-0.39, 0.29) is 24.8 Å². The molecule has 2 aromatic carbocycles. The first-order chi connectivity index (χ1) is 13.6. The Morgan fingerprint density at radius 3 is 2.50 bits per heavy atom. The molecule has 4 nitrogen and oxygen atoms in total. The van der Waals surface area contributed by atoms with Gasteiger partial charge in [0.25, 0.3) is 0 Å². The number of hydrogen-bond donors (Lipinski definition) is 1. The van der Waals surface area contributed by atoms with Crippen LogP contribution in [0.5, 0.6) is 11.5 Å². The molecule has 1 aliphatic heterocycles. The van der Waals surface area contributed by atoms with Crippen LogP contribution in [0.2, 0.25) is 10.0 Å². The average Bonchev–Trinajstić information content (AvgIpc) is 3.16. The molecule has 1 heterocycles. The molecule has 8 heteroatoms. The first-order valence-electron chi connectivity index (χ1n) is 9.79. The number of likely N-dealkylation sites (tertiary alicyclic amines) is 1. The lowest BCUT2D eigenvalue weighted by Gasteiger charge is -2.23. The van der Waals surface area contributed by atoms with Crippen molar-refractivity contribution in [2.24, 2.45) is 0 Å². The van der Waals surface area contributed by atoms with Crippen molar-refractivity contribution >= 4 is 48.0 Å². The predicted molar refractivity (Wildman–Crippen MR) is 130 cm³/mol. The lowest BCUT2D eigenvalue weighted by molar-refractivity contribution is 0.260. The van der Waals surface area contributed by atoms with Crippen LogP contribution >= 0.6 is 48.0 Å². The molecule has 1 atom stereocenters. The highest BCUT2D eigenvalue weighted by Crippen LogP contribution is 2.30. The molecule has 3 rings (SSSR count). The zero-order valence-corrected chi connectivity index (χ0v) is 20.5. The van der Waals surface area contributed by atoms with Gasteiger partial charge in [-0.15, -0.1) is 24.8 Å². The van der Waals surface area contributed by atoms with Crippen molar-refractivity contribution in [3.8, 4) is 11.5 Å². The summed E-state index contributed by atoms with van der Waals surface area (Å²) in [4.78, 5) is 2.55. The molecule has 0 aromatic heterocycles. The highest BCUT2D eigenvalue weighted by Gasteiger charge is 2.22. The van der Waals surface area contributed by atoms with E-state index >= 15 is 0 Å². The Kier molecular flexibility index (Phi) is 12.2. The minimum absolute atomic E-state index is 0. The Labute approximate surface area is 202 Å². The number of benzene rings is 2. The molecule has 0 saturated carbocycles.